The van der Waals surface area contributed by atoms with E-state index in [1.807, 2.05) is 0 Å². The molecule has 0 spiro atoms. The third-order valence-electron chi connectivity index (χ3n) is 3.86. The summed E-state index contributed by atoms with van der Waals surface area (Å²) in [5.74, 6) is 1.54. The molecule has 0 aromatic rings. The van der Waals surface area contributed by atoms with Gasteiger partial charge in [0.1, 0.15) is 0 Å². The zero-order valence-electron chi connectivity index (χ0n) is 10.2. The summed E-state index contributed by atoms with van der Waals surface area (Å²) in [6.07, 6.45) is 12.4. The lowest BCUT2D eigenvalue weighted by Crippen LogP contribution is -2.38. The van der Waals surface area contributed by atoms with Gasteiger partial charge in [-0.05, 0) is 37.5 Å². The van der Waals surface area contributed by atoms with Gasteiger partial charge in [-0.25, -0.2) is 0 Å². The van der Waals surface area contributed by atoms with Crippen molar-refractivity contribution in [2.24, 2.45) is 11.8 Å². The van der Waals surface area contributed by atoms with Crippen LogP contribution in [0.25, 0.3) is 0 Å². The molecule has 16 heavy (non-hydrogen) atoms. The molecular weight excluding hydrogens is 198 g/mol. The van der Waals surface area contributed by atoms with Crippen LogP contribution in [-0.4, -0.2) is 11.9 Å². The van der Waals surface area contributed by atoms with E-state index in [2.05, 4.69) is 24.4 Å². The van der Waals surface area contributed by atoms with E-state index >= 15 is 0 Å². The van der Waals surface area contributed by atoms with E-state index in [1.54, 1.807) is 0 Å². The predicted octanol–water partition coefficient (Wildman–Crippen LogP) is 3.04. The quantitative estimate of drug-likeness (QED) is 0.729. The van der Waals surface area contributed by atoms with Gasteiger partial charge in [0, 0.05) is 12.5 Å². The maximum atomic E-state index is 11.8. The zero-order chi connectivity index (χ0) is 11.4. The number of carbonyl (C=O) groups excluding carboxylic acids is 1. The Balaban J connectivity index is 1.71. The van der Waals surface area contributed by atoms with E-state index in [9.17, 15) is 4.79 Å². The van der Waals surface area contributed by atoms with Crippen molar-refractivity contribution in [3.63, 3.8) is 0 Å². The molecule has 2 aliphatic carbocycles. The highest BCUT2D eigenvalue weighted by Gasteiger charge is 2.21. The molecule has 3 unspecified atom stereocenters. The maximum Gasteiger partial charge on any atom is 0.220 e. The van der Waals surface area contributed by atoms with Crippen molar-refractivity contribution in [2.45, 2.75) is 57.9 Å². The Kier molecular flexibility index (Phi) is 4.03. The molecule has 3 atom stereocenters. The highest BCUT2D eigenvalue weighted by Crippen LogP contribution is 2.24. The molecular formula is C14H23NO. The second kappa shape index (κ2) is 5.51. The molecule has 0 aliphatic heterocycles. The lowest BCUT2D eigenvalue weighted by atomic mass is 9.87. The minimum Gasteiger partial charge on any atom is -0.353 e. The molecule has 2 aliphatic rings. The van der Waals surface area contributed by atoms with E-state index in [1.165, 1.54) is 25.7 Å². The number of amides is 1. The highest BCUT2D eigenvalue weighted by atomic mass is 16.1. The van der Waals surface area contributed by atoms with Crippen molar-refractivity contribution < 1.29 is 4.79 Å². The van der Waals surface area contributed by atoms with Gasteiger partial charge >= 0.3 is 0 Å². The standard InChI is InChI=1S/C14H23NO/c1-11-5-4-8-13(9-11)15-14(16)10-12-6-2-3-7-12/h2,6,11-13H,3-5,7-10H2,1H3,(H,15,16). The van der Waals surface area contributed by atoms with Crippen LogP contribution in [0.5, 0.6) is 0 Å². The molecule has 1 saturated carbocycles. The van der Waals surface area contributed by atoms with Crippen molar-refractivity contribution in [2.75, 3.05) is 0 Å². The molecule has 0 saturated heterocycles. The fourth-order valence-corrected chi connectivity index (χ4v) is 2.96. The van der Waals surface area contributed by atoms with Crippen LogP contribution in [0.3, 0.4) is 0 Å². The first-order valence-corrected chi connectivity index (χ1v) is 6.70. The van der Waals surface area contributed by atoms with E-state index in [0.29, 0.717) is 18.4 Å². The zero-order valence-corrected chi connectivity index (χ0v) is 10.2. The Morgan fingerprint density at radius 3 is 2.94 bits per heavy atom. The van der Waals surface area contributed by atoms with Gasteiger partial charge in [-0.3, -0.25) is 4.79 Å². The van der Waals surface area contributed by atoms with E-state index in [0.717, 1.165) is 18.8 Å². The summed E-state index contributed by atoms with van der Waals surface area (Å²) in [6, 6.07) is 0.446. The van der Waals surface area contributed by atoms with Crippen molar-refractivity contribution in [3.05, 3.63) is 12.2 Å². The number of hydrogen-bond acceptors (Lipinski definition) is 1. The molecule has 2 nitrogen and oxygen atoms in total. The summed E-state index contributed by atoms with van der Waals surface area (Å²) in [5, 5.41) is 3.20. The van der Waals surface area contributed by atoms with Crippen molar-refractivity contribution in [1.29, 1.82) is 0 Å². The Bertz CT molecular complexity index is 272. The van der Waals surface area contributed by atoms with Crippen LogP contribution in [0, 0.1) is 11.8 Å². The lowest BCUT2D eigenvalue weighted by Gasteiger charge is -2.27. The van der Waals surface area contributed by atoms with Gasteiger partial charge in [-0.2, -0.15) is 0 Å². The monoisotopic (exact) mass is 221 g/mol. The normalized spacial score (nSPS) is 33.9. The molecule has 1 amide bonds. The summed E-state index contributed by atoms with van der Waals surface area (Å²) < 4.78 is 0. The Morgan fingerprint density at radius 1 is 1.38 bits per heavy atom. The molecule has 0 radical (unpaired) electrons. The second-order valence-corrected chi connectivity index (χ2v) is 5.51. The number of nitrogens with one attached hydrogen (secondary N) is 1. The van der Waals surface area contributed by atoms with Crippen LogP contribution in [0.4, 0.5) is 0 Å². The maximum absolute atomic E-state index is 11.8. The summed E-state index contributed by atoms with van der Waals surface area (Å²) >= 11 is 0. The lowest BCUT2D eigenvalue weighted by molar-refractivity contribution is -0.122. The number of rotatable bonds is 3. The molecule has 0 aromatic carbocycles. The van der Waals surface area contributed by atoms with Gasteiger partial charge in [-0.15, -0.1) is 0 Å². The number of allylic oxidation sites excluding steroid dienone is 2. The second-order valence-electron chi connectivity index (χ2n) is 5.51. The fraction of sp³-hybridized carbons (Fsp3) is 0.786. The van der Waals surface area contributed by atoms with E-state index < -0.39 is 0 Å². The first-order chi connectivity index (χ1) is 7.74. The molecule has 2 rings (SSSR count). The Morgan fingerprint density at radius 2 is 2.25 bits per heavy atom. The first kappa shape index (κ1) is 11.7. The van der Waals surface area contributed by atoms with E-state index in [-0.39, 0.29) is 5.91 Å². The van der Waals surface area contributed by atoms with Gasteiger partial charge in [-0.1, -0.05) is 31.9 Å². The SMILES string of the molecule is CC1CCCC(NC(=O)CC2C=CCC2)C1. The average Bonchev–Trinajstić information content (AvgIpc) is 2.70. The van der Waals surface area contributed by atoms with Crippen LogP contribution in [0.2, 0.25) is 0 Å². The third kappa shape index (κ3) is 3.36. The third-order valence-corrected chi connectivity index (χ3v) is 3.86. The molecule has 2 heteroatoms. The number of carbonyl (C=O) groups is 1. The summed E-state index contributed by atoms with van der Waals surface area (Å²) in [7, 11) is 0. The first-order valence-electron chi connectivity index (χ1n) is 6.70. The smallest absolute Gasteiger partial charge is 0.220 e. The Labute approximate surface area is 98.5 Å². The van der Waals surface area contributed by atoms with Crippen LogP contribution in [-0.2, 0) is 4.79 Å². The molecule has 0 heterocycles. The van der Waals surface area contributed by atoms with Crippen molar-refractivity contribution >= 4 is 5.91 Å². The topological polar surface area (TPSA) is 29.1 Å². The minimum atomic E-state index is 0.260. The van der Waals surface area contributed by atoms with Gasteiger partial charge in [0.05, 0.1) is 0 Å². The summed E-state index contributed by atoms with van der Waals surface area (Å²) in [5.41, 5.74) is 0. The molecule has 90 valence electrons. The van der Waals surface area contributed by atoms with E-state index in [4.69, 9.17) is 0 Å². The molecule has 1 N–H and O–H groups in total. The molecule has 0 aromatic heterocycles. The van der Waals surface area contributed by atoms with Gasteiger partial charge < -0.3 is 5.32 Å². The fourth-order valence-electron chi connectivity index (χ4n) is 2.96. The highest BCUT2D eigenvalue weighted by molar-refractivity contribution is 5.76. The van der Waals surface area contributed by atoms with Crippen LogP contribution >= 0.6 is 0 Å². The van der Waals surface area contributed by atoms with Crippen molar-refractivity contribution in [3.8, 4) is 0 Å². The summed E-state index contributed by atoms with van der Waals surface area (Å²) in [4.78, 5) is 11.8. The largest absolute Gasteiger partial charge is 0.353 e. The van der Waals surface area contributed by atoms with Crippen LogP contribution < -0.4 is 5.32 Å². The minimum absolute atomic E-state index is 0.260. The summed E-state index contributed by atoms with van der Waals surface area (Å²) in [6.45, 7) is 2.29. The average molecular weight is 221 g/mol. The van der Waals surface area contributed by atoms with Crippen LogP contribution in [0.15, 0.2) is 12.2 Å². The van der Waals surface area contributed by atoms with Gasteiger partial charge in [0.25, 0.3) is 0 Å². The molecule has 0 bridgehead atoms. The predicted molar refractivity (Wildman–Crippen MR) is 66.0 cm³/mol. The van der Waals surface area contributed by atoms with Crippen LogP contribution in [0.1, 0.15) is 51.9 Å². The molecule has 1 fully saturated rings. The van der Waals surface area contributed by atoms with Gasteiger partial charge in [0.2, 0.25) is 5.91 Å². The Hall–Kier alpha value is -0.790. The van der Waals surface area contributed by atoms with Crippen molar-refractivity contribution in [1.82, 2.24) is 5.32 Å². The number of hydrogen-bond donors (Lipinski definition) is 1. The van der Waals surface area contributed by atoms with Gasteiger partial charge in [0.15, 0.2) is 0 Å².